The minimum atomic E-state index is -1.29. The maximum atomic E-state index is 9.50. The van der Waals surface area contributed by atoms with Crippen LogP contribution in [-0.4, -0.2) is 10.2 Å². The second-order valence-electron chi connectivity index (χ2n) is 5.66. The Hall–Kier alpha value is -3.38. The number of benzene rings is 2. The smallest absolute Gasteiger partial charge is 0.189 e. The fraction of sp³-hybridized carbons (Fsp3) is 0.222. The van der Waals surface area contributed by atoms with Crippen LogP contribution in [0.5, 0.6) is 11.5 Å². The third-order valence-corrected chi connectivity index (χ3v) is 3.74. The summed E-state index contributed by atoms with van der Waals surface area (Å²) in [5.74, 6) is 0.170. The van der Waals surface area contributed by atoms with E-state index in [2.05, 4.69) is 22.4 Å². The molecule has 0 aliphatic heterocycles. The Bertz CT molecular complexity index is 760. The molecule has 2 rings (SSSR count). The summed E-state index contributed by atoms with van der Waals surface area (Å²) >= 11 is 0. The van der Waals surface area contributed by atoms with Gasteiger partial charge in [0.2, 0.25) is 0 Å². The third kappa shape index (κ3) is 3.34. The predicted molar refractivity (Wildman–Crippen MR) is 87.0 cm³/mol. The van der Waals surface area contributed by atoms with Gasteiger partial charge in [-0.1, -0.05) is 24.3 Å². The van der Waals surface area contributed by atoms with Crippen LogP contribution in [0, 0.1) is 22.7 Å². The molecule has 2 N–H and O–H groups in total. The van der Waals surface area contributed by atoms with Crippen molar-refractivity contribution in [2.45, 2.75) is 24.9 Å². The van der Waals surface area contributed by atoms with E-state index in [0.717, 1.165) is 0 Å². The molecule has 0 fully saturated rings. The maximum absolute atomic E-state index is 9.50. The summed E-state index contributed by atoms with van der Waals surface area (Å²) in [6.07, 6.45) is 0. The van der Waals surface area contributed by atoms with Gasteiger partial charge in [0.25, 0.3) is 0 Å². The molecule has 24 heavy (non-hydrogen) atoms. The zero-order valence-electron chi connectivity index (χ0n) is 13.3. The average Bonchev–Trinajstić information content (AvgIpc) is 2.60. The van der Waals surface area contributed by atoms with Crippen LogP contribution in [0.1, 0.15) is 25.0 Å². The van der Waals surface area contributed by atoms with E-state index in [1.807, 2.05) is 0 Å². The number of hydrogen-bond acceptors (Lipinski definition) is 6. The van der Waals surface area contributed by atoms with Gasteiger partial charge in [-0.2, -0.15) is 20.8 Å². The number of nitriles is 2. The van der Waals surface area contributed by atoms with Gasteiger partial charge in [-0.15, -0.1) is 0 Å². The van der Waals surface area contributed by atoms with Crippen molar-refractivity contribution in [2.24, 2.45) is 10.2 Å². The highest BCUT2D eigenvalue weighted by Crippen LogP contribution is 2.32. The molecular formula is C18H16N4O2. The van der Waals surface area contributed by atoms with Gasteiger partial charge in [-0.05, 0) is 49.2 Å². The van der Waals surface area contributed by atoms with E-state index in [9.17, 15) is 20.7 Å². The quantitative estimate of drug-likeness (QED) is 0.835. The van der Waals surface area contributed by atoms with Gasteiger partial charge >= 0.3 is 0 Å². The van der Waals surface area contributed by atoms with Crippen LogP contribution in [-0.2, 0) is 11.1 Å². The Morgan fingerprint density at radius 1 is 0.708 bits per heavy atom. The van der Waals surface area contributed by atoms with E-state index in [-0.39, 0.29) is 11.5 Å². The largest absolute Gasteiger partial charge is 0.508 e. The van der Waals surface area contributed by atoms with E-state index in [0.29, 0.717) is 11.1 Å². The lowest BCUT2D eigenvalue weighted by Crippen LogP contribution is -2.20. The highest BCUT2D eigenvalue weighted by molar-refractivity contribution is 5.36. The Morgan fingerprint density at radius 3 is 1.25 bits per heavy atom. The molecule has 0 aromatic heterocycles. The van der Waals surface area contributed by atoms with Crippen LogP contribution >= 0.6 is 0 Å². The topological polar surface area (TPSA) is 113 Å². The lowest BCUT2D eigenvalue weighted by molar-refractivity contribution is 0.471. The van der Waals surface area contributed by atoms with Gasteiger partial charge in [0, 0.05) is 0 Å². The molecule has 6 heteroatoms. The molecule has 0 bridgehead atoms. The zero-order valence-corrected chi connectivity index (χ0v) is 13.3. The molecule has 0 spiro atoms. The molecule has 0 radical (unpaired) electrons. The van der Waals surface area contributed by atoms with Crippen molar-refractivity contribution in [3.8, 4) is 23.6 Å². The van der Waals surface area contributed by atoms with Crippen LogP contribution in [0.25, 0.3) is 0 Å². The van der Waals surface area contributed by atoms with Crippen molar-refractivity contribution in [3.63, 3.8) is 0 Å². The predicted octanol–water partition coefficient (Wildman–Crippen LogP) is 3.73. The molecule has 2 aromatic carbocycles. The van der Waals surface area contributed by atoms with Gasteiger partial charge in [0.15, 0.2) is 11.1 Å². The monoisotopic (exact) mass is 320 g/mol. The number of azo groups is 1. The van der Waals surface area contributed by atoms with Crippen molar-refractivity contribution in [3.05, 3.63) is 59.7 Å². The van der Waals surface area contributed by atoms with Gasteiger partial charge in [0.05, 0.1) is 12.1 Å². The first-order chi connectivity index (χ1) is 11.3. The number of nitrogens with zero attached hydrogens (tertiary/aromatic N) is 4. The summed E-state index contributed by atoms with van der Waals surface area (Å²) in [6.45, 7) is 3.16. The summed E-state index contributed by atoms with van der Waals surface area (Å²) in [4.78, 5) is 0. The standard InChI is InChI=1S/C18H16N4O2/c1-17(11-19,13-3-7-15(23)8-4-13)21-22-18(2,12-20)14-5-9-16(24)10-6-14/h3-10,23-24H,1-2H3. The van der Waals surface area contributed by atoms with Crippen molar-refractivity contribution in [1.82, 2.24) is 0 Å². The van der Waals surface area contributed by atoms with Gasteiger partial charge in [-0.25, -0.2) is 0 Å². The summed E-state index contributed by atoms with van der Waals surface area (Å²) in [5, 5.41) is 46.0. The average molecular weight is 320 g/mol. The van der Waals surface area contributed by atoms with E-state index >= 15 is 0 Å². The molecule has 0 saturated carbocycles. The SMILES string of the molecule is CC(C#N)(N=NC(C)(C#N)c1ccc(O)cc1)c1ccc(O)cc1. The Kier molecular flexibility index (Phi) is 4.52. The van der Waals surface area contributed by atoms with Gasteiger partial charge in [0.1, 0.15) is 11.5 Å². The highest BCUT2D eigenvalue weighted by atomic mass is 16.3. The summed E-state index contributed by atoms with van der Waals surface area (Å²) in [7, 11) is 0. The first kappa shape index (κ1) is 17.0. The summed E-state index contributed by atoms with van der Waals surface area (Å²) < 4.78 is 0. The lowest BCUT2D eigenvalue weighted by Gasteiger charge is -2.20. The number of phenolic OH excluding ortho intramolecular Hbond substituents is 2. The zero-order chi connectivity index (χ0) is 17.8. The number of hydrogen-bond donors (Lipinski definition) is 2. The molecule has 0 saturated heterocycles. The summed E-state index contributed by atoms with van der Waals surface area (Å²) in [6, 6.07) is 16.3. The number of aromatic hydroxyl groups is 2. The van der Waals surface area contributed by atoms with Gasteiger partial charge < -0.3 is 10.2 Å². The first-order valence-electron chi connectivity index (χ1n) is 7.18. The van der Waals surface area contributed by atoms with Crippen molar-refractivity contribution >= 4 is 0 Å². The van der Waals surface area contributed by atoms with Crippen molar-refractivity contribution in [1.29, 1.82) is 10.5 Å². The van der Waals surface area contributed by atoms with Crippen LogP contribution in [0.2, 0.25) is 0 Å². The van der Waals surface area contributed by atoms with Crippen LogP contribution < -0.4 is 0 Å². The molecular weight excluding hydrogens is 304 g/mol. The molecule has 2 aromatic rings. The fourth-order valence-electron chi connectivity index (χ4n) is 2.06. The third-order valence-electron chi connectivity index (χ3n) is 3.74. The second-order valence-corrected chi connectivity index (χ2v) is 5.66. The van der Waals surface area contributed by atoms with Crippen LogP contribution in [0.4, 0.5) is 0 Å². The molecule has 2 unspecified atom stereocenters. The Labute approximate surface area is 139 Å². The van der Waals surface area contributed by atoms with Crippen LogP contribution in [0.15, 0.2) is 58.8 Å². The van der Waals surface area contributed by atoms with E-state index in [4.69, 9.17) is 0 Å². The minimum Gasteiger partial charge on any atom is -0.508 e. The van der Waals surface area contributed by atoms with E-state index in [1.54, 1.807) is 38.1 Å². The minimum absolute atomic E-state index is 0.0851. The second kappa shape index (κ2) is 6.39. The molecule has 2 atom stereocenters. The van der Waals surface area contributed by atoms with Crippen LogP contribution in [0.3, 0.4) is 0 Å². The molecule has 0 heterocycles. The fourth-order valence-corrected chi connectivity index (χ4v) is 2.06. The molecule has 6 nitrogen and oxygen atoms in total. The Morgan fingerprint density at radius 2 is 1.00 bits per heavy atom. The van der Waals surface area contributed by atoms with Crippen molar-refractivity contribution in [2.75, 3.05) is 0 Å². The number of phenols is 2. The lowest BCUT2D eigenvalue weighted by atomic mass is 9.93. The van der Waals surface area contributed by atoms with E-state index < -0.39 is 11.1 Å². The molecule has 0 amide bonds. The molecule has 120 valence electrons. The van der Waals surface area contributed by atoms with Crippen molar-refractivity contribution < 1.29 is 10.2 Å². The summed E-state index contributed by atoms with van der Waals surface area (Å²) in [5.41, 5.74) is -1.47. The number of rotatable bonds is 4. The molecule has 0 aliphatic rings. The Balaban J connectivity index is 2.41. The van der Waals surface area contributed by atoms with E-state index in [1.165, 1.54) is 24.3 Å². The first-order valence-corrected chi connectivity index (χ1v) is 7.18. The maximum Gasteiger partial charge on any atom is 0.189 e. The normalized spacial score (nSPS) is 15.8. The highest BCUT2D eigenvalue weighted by Gasteiger charge is 2.31. The van der Waals surface area contributed by atoms with Gasteiger partial charge in [-0.3, -0.25) is 0 Å². The molecule has 0 aliphatic carbocycles.